The number of nitrogens with two attached hydrogens (primary N) is 5. The molecule has 0 fully saturated rings. The number of carbonyl (C=O) groups excluding carboxylic acids is 6. The molecule has 2 aromatic rings. The molecule has 0 radical (unpaired) electrons. The maximum absolute atomic E-state index is 13.8. The average molecular weight is 978 g/mol. The van der Waals surface area contributed by atoms with E-state index in [1.807, 2.05) is 30.3 Å². The van der Waals surface area contributed by atoms with E-state index in [2.05, 4.69) is 20.9 Å². The Morgan fingerprint density at radius 3 is 1.77 bits per heavy atom. The number of rotatable bonds is 31. The summed E-state index contributed by atoms with van der Waals surface area (Å²) in [6.07, 6.45) is 11.4. The van der Waals surface area contributed by atoms with Gasteiger partial charge in [0.15, 0.2) is 5.96 Å². The van der Waals surface area contributed by atoms with Gasteiger partial charge in [-0.05, 0) is 113 Å². The number of hydrogen-bond donors (Lipinski definition) is 10. The number of Topliss-reactive ketones (excluding diaryl/α,β-unsaturated/α-hetero) is 2. The number of guanidine groups is 1. The number of nitrogens with zero attached hydrogens (tertiary/aromatic N) is 1. The van der Waals surface area contributed by atoms with Crippen LogP contribution in [0.5, 0.6) is 5.75 Å². The number of carbonyl (C=O) groups is 6. The van der Waals surface area contributed by atoms with Crippen molar-refractivity contribution >= 4 is 41.2 Å². The molecule has 388 valence electrons. The molecule has 19 heteroatoms. The smallest absolute Gasteiger partial charge is 0.243 e. The minimum atomic E-state index is -1.13. The fraction of sp³-hybridized carbons (Fsp3) is 0.549. The van der Waals surface area contributed by atoms with Gasteiger partial charge in [0.25, 0.3) is 0 Å². The Hall–Kier alpha value is -6.31. The van der Waals surface area contributed by atoms with Crippen molar-refractivity contribution in [2.45, 2.75) is 148 Å². The summed E-state index contributed by atoms with van der Waals surface area (Å²) in [5, 5.41) is 26.9. The molecule has 0 heterocycles. The van der Waals surface area contributed by atoms with E-state index in [1.54, 1.807) is 32.9 Å². The molecule has 0 saturated carbocycles. The Balaban J connectivity index is 0.000000587. The van der Waals surface area contributed by atoms with Crippen molar-refractivity contribution in [1.82, 2.24) is 16.0 Å². The summed E-state index contributed by atoms with van der Waals surface area (Å²) in [4.78, 5) is 81.3. The number of phenols is 1. The number of phenolic OH excluding ortho intramolecular Hbond substituents is 1. The van der Waals surface area contributed by atoms with Crippen molar-refractivity contribution in [1.29, 1.82) is 0 Å². The number of aromatic hydroxyl groups is 1. The number of allylic oxidation sites excluding steroid dienone is 2. The molecule has 0 spiro atoms. The number of ether oxygens (including phenoxy) is 2. The lowest BCUT2D eigenvalue weighted by Crippen LogP contribution is -2.58. The highest BCUT2D eigenvalue weighted by molar-refractivity contribution is 6.23. The number of benzene rings is 2. The molecule has 0 unspecified atom stereocenters. The van der Waals surface area contributed by atoms with Gasteiger partial charge in [0, 0.05) is 37.1 Å². The summed E-state index contributed by atoms with van der Waals surface area (Å²) in [5.41, 5.74) is 32.1. The number of aliphatic hydroxyl groups excluding tert-OH is 1. The highest BCUT2D eigenvalue weighted by atomic mass is 16.5. The Morgan fingerprint density at radius 2 is 1.21 bits per heavy atom. The lowest BCUT2D eigenvalue weighted by Gasteiger charge is -2.26. The first-order chi connectivity index (χ1) is 33.4. The number of primary amides is 1. The predicted molar refractivity (Wildman–Crippen MR) is 270 cm³/mol. The van der Waals surface area contributed by atoms with E-state index in [4.69, 9.17) is 43.2 Å². The molecule has 4 amide bonds. The number of methoxy groups -OCH3 is 2. The van der Waals surface area contributed by atoms with Crippen LogP contribution in [0.15, 0.2) is 70.1 Å². The lowest BCUT2D eigenvalue weighted by molar-refractivity contribution is -0.133. The van der Waals surface area contributed by atoms with Crippen LogP contribution >= 0.6 is 0 Å². The zero-order chi connectivity index (χ0) is 52.2. The first kappa shape index (κ1) is 59.8. The highest BCUT2D eigenvalue weighted by Gasteiger charge is 2.34. The van der Waals surface area contributed by atoms with Crippen LogP contribution in [0, 0.1) is 13.8 Å². The SMILES string of the molecule is COC1=C(OC)C(=O)C(CCCCCCCCCCO)=C(C)C1=O.Cc1cc(O)cc(C)c1C[C@H](NC(=O)[C@H](N)CCCN=C(N)N)C(=O)N[C@@H](CCCCN)C(=O)N[C@@H](Cc1ccccc1)C(N)=O. The monoisotopic (exact) mass is 978 g/mol. The molecule has 70 heavy (non-hydrogen) atoms. The Morgan fingerprint density at radius 1 is 0.671 bits per heavy atom. The number of hydrogen-bond acceptors (Lipinski definition) is 13. The number of nitrogens with one attached hydrogen (secondary N) is 3. The first-order valence-electron chi connectivity index (χ1n) is 24.2. The molecule has 1 aliphatic rings. The highest BCUT2D eigenvalue weighted by Crippen LogP contribution is 2.29. The largest absolute Gasteiger partial charge is 0.508 e. The fourth-order valence-electron chi connectivity index (χ4n) is 7.98. The third kappa shape index (κ3) is 20.7. The zero-order valence-electron chi connectivity index (χ0n) is 41.8. The molecule has 1 aliphatic carbocycles. The van der Waals surface area contributed by atoms with Gasteiger partial charge in [-0.2, -0.15) is 0 Å². The first-order valence-corrected chi connectivity index (χ1v) is 24.2. The minimum absolute atomic E-state index is 0.00614. The number of unbranched alkanes of at least 4 members (excludes halogenated alkanes) is 8. The number of ketones is 2. The van der Waals surface area contributed by atoms with Crippen molar-refractivity contribution < 1.29 is 48.5 Å². The quantitative estimate of drug-likeness (QED) is 0.0225. The maximum atomic E-state index is 13.8. The Kier molecular flexibility index (Phi) is 27.8. The third-order valence-electron chi connectivity index (χ3n) is 12.0. The van der Waals surface area contributed by atoms with Crippen molar-refractivity contribution in [2.24, 2.45) is 33.7 Å². The van der Waals surface area contributed by atoms with Crippen LogP contribution in [-0.4, -0.2) is 109 Å². The maximum Gasteiger partial charge on any atom is 0.243 e. The standard InChI is InChI=1S/C32H49N9O5.C19H30O5/c1-19-15-22(42)16-20(2)23(19)18-27(41-29(44)24(34)11-8-14-38-32(36)37)31(46)39-25(12-6-7-13-33)30(45)40-26(28(35)43)17-21-9-4-3-5-10-21;1-14-15(12-10-8-6-4-5-7-9-11-13-20)17(22)19(24-3)18(23-2)16(14)21/h3-5,9-10,15-16,24-27,42H,6-8,11-14,17-18,33-34H2,1-2H3,(H2,35,43)(H,39,46)(H,40,45)(H,41,44)(H4,36,37,38);20H,4-13H2,1-3H3/t24-,25+,26+,27+;/m1./s1. The zero-order valence-corrected chi connectivity index (χ0v) is 41.8. The molecule has 2 aromatic carbocycles. The molecule has 0 aliphatic heterocycles. The van der Waals surface area contributed by atoms with E-state index in [0.29, 0.717) is 54.5 Å². The van der Waals surface area contributed by atoms with Crippen molar-refractivity contribution in [3.8, 4) is 5.75 Å². The number of aryl methyl sites for hydroxylation is 2. The van der Waals surface area contributed by atoms with Crippen LogP contribution in [0.25, 0.3) is 0 Å². The molecule has 0 bridgehead atoms. The van der Waals surface area contributed by atoms with Crippen LogP contribution < -0.4 is 44.6 Å². The summed E-state index contributed by atoms with van der Waals surface area (Å²) in [7, 11) is 2.76. The third-order valence-corrected chi connectivity index (χ3v) is 12.0. The van der Waals surface area contributed by atoms with Crippen LogP contribution in [0.2, 0.25) is 0 Å². The van der Waals surface area contributed by atoms with Gasteiger partial charge >= 0.3 is 0 Å². The van der Waals surface area contributed by atoms with Gasteiger partial charge < -0.3 is 64.3 Å². The van der Waals surface area contributed by atoms with Gasteiger partial charge in [-0.15, -0.1) is 0 Å². The summed E-state index contributed by atoms with van der Waals surface area (Å²) >= 11 is 0. The molecule has 3 rings (SSSR count). The average Bonchev–Trinajstić information content (AvgIpc) is 3.32. The van der Waals surface area contributed by atoms with Gasteiger partial charge in [-0.3, -0.25) is 33.8 Å². The number of aliphatic imine (C=N–C) groups is 1. The molecule has 0 aromatic heterocycles. The molecule has 19 nitrogen and oxygen atoms in total. The normalized spacial score (nSPS) is 14.1. The van der Waals surface area contributed by atoms with Crippen molar-refractivity contribution in [3.63, 3.8) is 0 Å². The van der Waals surface area contributed by atoms with E-state index in [9.17, 15) is 33.9 Å². The van der Waals surface area contributed by atoms with E-state index in [-0.39, 0.29) is 73.6 Å². The number of aliphatic hydroxyl groups is 1. The van der Waals surface area contributed by atoms with Gasteiger partial charge in [-0.1, -0.05) is 68.9 Å². The van der Waals surface area contributed by atoms with Gasteiger partial charge in [-0.25, -0.2) is 0 Å². The molecule has 0 saturated heterocycles. The lowest BCUT2D eigenvalue weighted by atomic mass is 9.89. The minimum Gasteiger partial charge on any atom is -0.508 e. The van der Waals surface area contributed by atoms with Crippen molar-refractivity contribution in [3.05, 3.63) is 87.4 Å². The van der Waals surface area contributed by atoms with Crippen LogP contribution in [-0.2, 0) is 51.1 Å². The van der Waals surface area contributed by atoms with Gasteiger partial charge in [0.05, 0.1) is 20.3 Å². The van der Waals surface area contributed by atoms with Crippen LogP contribution in [0.4, 0.5) is 0 Å². The van der Waals surface area contributed by atoms with Gasteiger partial charge in [0.2, 0.25) is 46.7 Å². The topological polar surface area (TPSA) is 340 Å². The van der Waals surface area contributed by atoms with E-state index >= 15 is 0 Å². The van der Waals surface area contributed by atoms with E-state index in [1.165, 1.54) is 33.5 Å². The van der Waals surface area contributed by atoms with E-state index < -0.39 is 47.8 Å². The second-order valence-corrected chi connectivity index (χ2v) is 17.5. The second-order valence-electron chi connectivity index (χ2n) is 17.5. The second kappa shape index (κ2) is 32.5. The summed E-state index contributed by atoms with van der Waals surface area (Å²) < 4.78 is 10.1. The molecular weight excluding hydrogens is 899 g/mol. The molecule has 4 atom stereocenters. The number of amides is 4. The van der Waals surface area contributed by atoms with E-state index in [0.717, 1.165) is 43.2 Å². The van der Waals surface area contributed by atoms with Crippen LogP contribution in [0.3, 0.4) is 0 Å². The Bertz CT molecular complexity index is 2100. The predicted octanol–water partition coefficient (Wildman–Crippen LogP) is 2.71. The van der Waals surface area contributed by atoms with Gasteiger partial charge in [0.1, 0.15) is 23.9 Å². The Labute approximate surface area is 412 Å². The summed E-state index contributed by atoms with van der Waals surface area (Å²) in [6, 6.07) is 8.07. The molecule has 15 N–H and O–H groups in total. The fourth-order valence-corrected chi connectivity index (χ4v) is 7.98. The summed E-state index contributed by atoms with van der Waals surface area (Å²) in [5.74, 6) is -2.96. The summed E-state index contributed by atoms with van der Waals surface area (Å²) in [6.45, 7) is 6.21. The molecular formula is C51H79N9O10. The van der Waals surface area contributed by atoms with Crippen LogP contribution in [0.1, 0.15) is 119 Å². The van der Waals surface area contributed by atoms with Crippen molar-refractivity contribution in [2.75, 3.05) is 33.9 Å².